The summed E-state index contributed by atoms with van der Waals surface area (Å²) in [6, 6.07) is 9.34. The average Bonchev–Trinajstić information content (AvgIpc) is 3.10. The molecule has 0 N–H and O–H groups in total. The van der Waals surface area contributed by atoms with E-state index >= 15 is 0 Å². The molecule has 2 aromatic rings. The van der Waals surface area contributed by atoms with Crippen LogP contribution in [0.1, 0.15) is 18.1 Å². The second-order valence-electron chi connectivity index (χ2n) is 7.82. The normalized spacial score (nSPS) is 20.0. The standard InChI is InChI=1S/C21H26N2O6S2/c1-15-4-7-20(28-3)21(12-15)31(26,27)23-16(2)13-17-14-18(5-6-19(17)23)30(24,25)22-8-10-29-11-9-22/h4-7,12,14,16H,8-11,13H2,1-3H3/t16-/m1/s1. The second-order valence-corrected chi connectivity index (χ2v) is 11.5. The zero-order valence-corrected chi connectivity index (χ0v) is 19.4. The number of hydrogen-bond acceptors (Lipinski definition) is 6. The molecule has 2 aromatic carbocycles. The van der Waals surface area contributed by atoms with Crippen molar-refractivity contribution in [1.29, 1.82) is 0 Å². The van der Waals surface area contributed by atoms with Crippen molar-refractivity contribution in [3.63, 3.8) is 0 Å². The number of methoxy groups -OCH3 is 1. The fourth-order valence-electron chi connectivity index (χ4n) is 4.13. The van der Waals surface area contributed by atoms with Crippen molar-refractivity contribution in [3.05, 3.63) is 47.5 Å². The molecule has 2 aliphatic heterocycles. The molecule has 2 aliphatic rings. The number of aryl methyl sites for hydroxylation is 1. The van der Waals surface area contributed by atoms with Gasteiger partial charge in [-0.25, -0.2) is 16.8 Å². The van der Waals surface area contributed by atoms with Crippen molar-refractivity contribution < 1.29 is 26.3 Å². The van der Waals surface area contributed by atoms with Crippen molar-refractivity contribution >= 4 is 25.7 Å². The minimum absolute atomic E-state index is 0.0970. The molecule has 31 heavy (non-hydrogen) atoms. The Kier molecular flexibility index (Phi) is 5.76. The quantitative estimate of drug-likeness (QED) is 0.671. The van der Waals surface area contributed by atoms with Crippen molar-refractivity contribution in [1.82, 2.24) is 4.31 Å². The van der Waals surface area contributed by atoms with Crippen LogP contribution in [-0.2, 0) is 31.2 Å². The lowest BCUT2D eigenvalue weighted by Gasteiger charge is -2.27. The molecule has 1 saturated heterocycles. The maximum absolute atomic E-state index is 13.6. The first-order valence-corrected chi connectivity index (χ1v) is 12.9. The lowest BCUT2D eigenvalue weighted by molar-refractivity contribution is 0.0730. The van der Waals surface area contributed by atoms with Gasteiger partial charge in [0.15, 0.2) is 0 Å². The minimum atomic E-state index is -3.90. The molecular weight excluding hydrogens is 440 g/mol. The van der Waals surface area contributed by atoms with Crippen LogP contribution < -0.4 is 9.04 Å². The van der Waals surface area contributed by atoms with E-state index in [1.165, 1.54) is 21.8 Å². The van der Waals surface area contributed by atoms with Gasteiger partial charge < -0.3 is 9.47 Å². The molecule has 2 heterocycles. The van der Waals surface area contributed by atoms with Gasteiger partial charge in [0.25, 0.3) is 10.0 Å². The molecule has 1 atom stereocenters. The Morgan fingerprint density at radius 2 is 1.71 bits per heavy atom. The fourth-order valence-corrected chi connectivity index (χ4v) is 7.53. The van der Waals surface area contributed by atoms with Crippen molar-refractivity contribution in [2.75, 3.05) is 37.7 Å². The zero-order valence-electron chi connectivity index (χ0n) is 17.7. The Morgan fingerprint density at radius 1 is 1.00 bits per heavy atom. The third-order valence-electron chi connectivity index (χ3n) is 5.67. The lowest BCUT2D eigenvalue weighted by Crippen LogP contribution is -2.40. The predicted octanol–water partition coefficient (Wildman–Crippen LogP) is 2.16. The maximum atomic E-state index is 13.6. The number of morpholine rings is 1. The Labute approximate surface area is 183 Å². The molecule has 10 heteroatoms. The molecule has 0 unspecified atom stereocenters. The third-order valence-corrected chi connectivity index (χ3v) is 9.51. The molecule has 4 rings (SSSR count). The summed E-state index contributed by atoms with van der Waals surface area (Å²) in [7, 11) is -6.12. The molecule has 8 nitrogen and oxygen atoms in total. The number of hydrogen-bond donors (Lipinski definition) is 0. The van der Waals surface area contributed by atoms with Gasteiger partial charge in [-0.1, -0.05) is 6.07 Å². The summed E-state index contributed by atoms with van der Waals surface area (Å²) in [5.41, 5.74) is 1.99. The number of benzene rings is 2. The Morgan fingerprint density at radius 3 is 2.39 bits per heavy atom. The van der Waals surface area contributed by atoms with Crippen LogP contribution in [0.5, 0.6) is 5.75 Å². The number of nitrogens with zero attached hydrogens (tertiary/aromatic N) is 2. The molecule has 168 valence electrons. The van der Waals surface area contributed by atoms with Gasteiger partial charge in [0.05, 0.1) is 30.9 Å². The highest BCUT2D eigenvalue weighted by Gasteiger charge is 2.38. The van der Waals surface area contributed by atoms with E-state index in [9.17, 15) is 16.8 Å². The lowest BCUT2D eigenvalue weighted by atomic mass is 10.1. The molecule has 0 bridgehead atoms. The molecule has 0 radical (unpaired) electrons. The van der Waals surface area contributed by atoms with E-state index in [1.807, 2.05) is 13.8 Å². The smallest absolute Gasteiger partial charge is 0.268 e. The fraction of sp³-hybridized carbons (Fsp3) is 0.429. The topological polar surface area (TPSA) is 93.2 Å². The second kappa shape index (κ2) is 8.09. The number of rotatable bonds is 5. The molecule has 0 aromatic heterocycles. The van der Waals surface area contributed by atoms with Gasteiger partial charge in [-0.2, -0.15) is 4.31 Å². The van der Waals surface area contributed by atoms with Gasteiger partial charge in [-0.15, -0.1) is 0 Å². The van der Waals surface area contributed by atoms with E-state index in [4.69, 9.17) is 9.47 Å². The maximum Gasteiger partial charge on any atom is 0.268 e. The van der Waals surface area contributed by atoms with Crippen LogP contribution in [0.15, 0.2) is 46.2 Å². The molecular formula is C21H26N2O6S2. The summed E-state index contributed by atoms with van der Waals surface area (Å²) in [6.45, 7) is 4.99. The Balaban J connectivity index is 1.74. The van der Waals surface area contributed by atoms with Gasteiger partial charge in [-0.05, 0) is 61.7 Å². The van der Waals surface area contributed by atoms with E-state index in [1.54, 1.807) is 30.3 Å². The van der Waals surface area contributed by atoms with Crippen molar-refractivity contribution in [2.45, 2.75) is 36.1 Å². The average molecular weight is 467 g/mol. The summed E-state index contributed by atoms with van der Waals surface area (Å²) in [5, 5.41) is 0. The molecule has 0 spiro atoms. The van der Waals surface area contributed by atoms with E-state index in [2.05, 4.69) is 0 Å². The van der Waals surface area contributed by atoms with Crippen LogP contribution >= 0.6 is 0 Å². The van der Waals surface area contributed by atoms with Crippen LogP contribution in [0.3, 0.4) is 0 Å². The number of ether oxygens (including phenoxy) is 2. The highest BCUT2D eigenvalue weighted by molar-refractivity contribution is 7.93. The van der Waals surface area contributed by atoms with Crippen LogP contribution in [-0.4, -0.2) is 60.6 Å². The van der Waals surface area contributed by atoms with Gasteiger partial charge in [0.2, 0.25) is 10.0 Å². The number of anilines is 1. The van der Waals surface area contributed by atoms with Crippen molar-refractivity contribution in [3.8, 4) is 5.75 Å². The van der Waals surface area contributed by atoms with E-state index in [0.717, 1.165) is 5.56 Å². The van der Waals surface area contributed by atoms with E-state index in [0.29, 0.717) is 44.0 Å². The largest absolute Gasteiger partial charge is 0.495 e. The van der Waals surface area contributed by atoms with E-state index < -0.39 is 20.0 Å². The zero-order chi connectivity index (χ0) is 22.4. The molecule has 0 saturated carbocycles. The van der Waals surface area contributed by atoms with E-state index in [-0.39, 0.29) is 21.6 Å². The minimum Gasteiger partial charge on any atom is -0.495 e. The van der Waals surface area contributed by atoms with Gasteiger partial charge in [0, 0.05) is 19.1 Å². The Bertz CT molecular complexity index is 1200. The van der Waals surface area contributed by atoms with Crippen LogP contribution in [0.25, 0.3) is 0 Å². The first kappa shape index (κ1) is 22.1. The monoisotopic (exact) mass is 466 g/mol. The summed E-state index contributed by atoms with van der Waals surface area (Å²) in [6.07, 6.45) is 0.426. The Hall–Kier alpha value is -2.14. The van der Waals surface area contributed by atoms with Crippen molar-refractivity contribution in [2.24, 2.45) is 0 Å². The predicted molar refractivity (Wildman–Crippen MR) is 117 cm³/mol. The summed E-state index contributed by atoms with van der Waals surface area (Å²) in [4.78, 5) is 0.271. The van der Waals surface area contributed by atoms with Crippen LogP contribution in [0, 0.1) is 6.92 Å². The first-order valence-electron chi connectivity index (χ1n) is 10.1. The summed E-state index contributed by atoms with van der Waals surface area (Å²) in [5.74, 6) is 0.276. The molecule has 0 amide bonds. The third kappa shape index (κ3) is 3.82. The number of sulfonamides is 2. The summed E-state index contributed by atoms with van der Waals surface area (Å²) < 4.78 is 66.5. The highest BCUT2D eigenvalue weighted by Crippen LogP contribution is 2.40. The van der Waals surface area contributed by atoms with Gasteiger partial charge in [0.1, 0.15) is 10.6 Å². The van der Waals surface area contributed by atoms with Crippen LogP contribution in [0.4, 0.5) is 5.69 Å². The summed E-state index contributed by atoms with van der Waals surface area (Å²) >= 11 is 0. The van der Waals surface area contributed by atoms with Gasteiger partial charge in [-0.3, -0.25) is 4.31 Å². The highest BCUT2D eigenvalue weighted by atomic mass is 32.2. The number of fused-ring (bicyclic) bond motifs is 1. The van der Waals surface area contributed by atoms with Gasteiger partial charge >= 0.3 is 0 Å². The van der Waals surface area contributed by atoms with Crippen LogP contribution in [0.2, 0.25) is 0 Å². The molecule has 1 fully saturated rings. The first-order chi connectivity index (χ1) is 14.7. The SMILES string of the molecule is COc1ccc(C)cc1S(=O)(=O)N1c2ccc(S(=O)(=O)N3CCOCC3)cc2C[C@H]1C. The molecule has 0 aliphatic carbocycles.